The molecule has 0 aliphatic heterocycles. The maximum absolute atomic E-state index is 11.7. The zero-order valence-corrected chi connectivity index (χ0v) is 11.1. The topological polar surface area (TPSA) is 83.5 Å². The van der Waals surface area contributed by atoms with E-state index in [1.807, 2.05) is 0 Å². The molecule has 0 amide bonds. The Labute approximate surface area is 107 Å². The predicted octanol–water partition coefficient (Wildman–Crippen LogP) is 2.05. The van der Waals surface area contributed by atoms with E-state index in [0.717, 1.165) is 0 Å². The molecule has 0 heterocycles. The smallest absolute Gasteiger partial charge is 0.337 e. The monoisotopic (exact) mass is 319 g/mol. The molecule has 1 aromatic carbocycles. The number of carboxylic acid groups (broad SMARTS) is 1. The molecule has 0 aromatic heterocycles. The molecule has 1 aliphatic carbocycles. The number of rotatable bonds is 4. The van der Waals surface area contributed by atoms with Gasteiger partial charge in [-0.05, 0) is 31.0 Å². The highest BCUT2D eigenvalue weighted by molar-refractivity contribution is 9.10. The molecule has 0 spiro atoms. The molecular weight excluding hydrogens is 310 g/mol. The number of aromatic carboxylic acids is 1. The molecule has 2 rings (SSSR count). The first-order valence-electron chi connectivity index (χ1n) is 4.94. The number of benzene rings is 1. The summed E-state index contributed by atoms with van der Waals surface area (Å²) in [6, 6.07) is 4.40. The van der Waals surface area contributed by atoms with E-state index >= 15 is 0 Å². The lowest BCUT2D eigenvalue weighted by atomic mass is 10.2. The van der Waals surface area contributed by atoms with Crippen LogP contribution in [0.5, 0.6) is 0 Å². The van der Waals surface area contributed by atoms with E-state index in [9.17, 15) is 13.2 Å². The molecule has 0 atom stereocenters. The summed E-state index contributed by atoms with van der Waals surface area (Å²) in [4.78, 5) is 11.0. The van der Waals surface area contributed by atoms with Gasteiger partial charge in [0.25, 0.3) is 0 Å². The second kappa shape index (κ2) is 4.30. The van der Waals surface area contributed by atoms with Crippen LogP contribution in [-0.4, -0.2) is 24.7 Å². The number of anilines is 1. The lowest BCUT2D eigenvalue weighted by Gasteiger charge is -2.10. The summed E-state index contributed by atoms with van der Waals surface area (Å²) in [6.07, 6.45) is 1.27. The first-order valence-corrected chi connectivity index (χ1v) is 7.28. The number of carboxylic acids is 1. The summed E-state index contributed by atoms with van der Waals surface area (Å²) in [5.41, 5.74) is 0.0381. The van der Waals surface area contributed by atoms with Crippen molar-refractivity contribution in [3.63, 3.8) is 0 Å². The van der Waals surface area contributed by atoms with Crippen molar-refractivity contribution < 1.29 is 18.3 Å². The summed E-state index contributed by atoms with van der Waals surface area (Å²) in [5, 5.41) is 8.60. The Kier molecular flexibility index (Phi) is 3.13. The quantitative estimate of drug-likeness (QED) is 0.889. The van der Waals surface area contributed by atoms with Crippen molar-refractivity contribution in [3.05, 3.63) is 28.2 Å². The van der Waals surface area contributed by atoms with E-state index in [4.69, 9.17) is 5.11 Å². The number of hydrogen-bond acceptors (Lipinski definition) is 3. The highest BCUT2D eigenvalue weighted by Gasteiger charge is 2.36. The summed E-state index contributed by atoms with van der Waals surface area (Å²) in [6.45, 7) is 0. The van der Waals surface area contributed by atoms with Gasteiger partial charge in [0.2, 0.25) is 10.0 Å². The molecular formula is C10H10BrNO4S. The Hall–Kier alpha value is -1.08. The zero-order valence-electron chi connectivity index (χ0n) is 8.68. The van der Waals surface area contributed by atoms with Gasteiger partial charge < -0.3 is 5.11 Å². The van der Waals surface area contributed by atoms with Crippen molar-refractivity contribution in [1.29, 1.82) is 0 Å². The van der Waals surface area contributed by atoms with Crippen LogP contribution >= 0.6 is 15.9 Å². The third-order valence-electron chi connectivity index (χ3n) is 2.43. The van der Waals surface area contributed by atoms with E-state index in [2.05, 4.69) is 20.7 Å². The van der Waals surface area contributed by atoms with Crippen molar-refractivity contribution in [3.8, 4) is 0 Å². The Morgan fingerprint density at radius 3 is 2.59 bits per heavy atom. The van der Waals surface area contributed by atoms with Crippen molar-refractivity contribution in [2.75, 3.05) is 4.72 Å². The van der Waals surface area contributed by atoms with E-state index in [1.165, 1.54) is 12.1 Å². The van der Waals surface area contributed by atoms with Gasteiger partial charge in [-0.2, -0.15) is 0 Å². The van der Waals surface area contributed by atoms with Crippen LogP contribution in [0.3, 0.4) is 0 Å². The van der Waals surface area contributed by atoms with E-state index in [1.54, 1.807) is 6.07 Å². The van der Waals surface area contributed by atoms with Crippen LogP contribution in [0, 0.1) is 0 Å². The Balaban J connectivity index is 2.35. The van der Waals surface area contributed by atoms with Crippen LogP contribution in [0.15, 0.2) is 22.7 Å². The molecule has 2 N–H and O–H groups in total. The highest BCUT2D eigenvalue weighted by atomic mass is 79.9. The molecule has 7 heteroatoms. The van der Waals surface area contributed by atoms with Gasteiger partial charge in [-0.3, -0.25) is 4.72 Å². The number of carbonyl (C=O) groups is 1. The maximum Gasteiger partial charge on any atom is 0.337 e. The van der Waals surface area contributed by atoms with Crippen molar-refractivity contribution >= 4 is 37.6 Å². The van der Waals surface area contributed by atoms with Crippen LogP contribution in [0.4, 0.5) is 5.69 Å². The molecule has 1 saturated carbocycles. The third-order valence-corrected chi connectivity index (χ3v) is 4.77. The average Bonchev–Trinajstić information content (AvgIpc) is 3.03. The maximum atomic E-state index is 11.7. The van der Waals surface area contributed by atoms with Crippen molar-refractivity contribution in [1.82, 2.24) is 0 Å². The van der Waals surface area contributed by atoms with Gasteiger partial charge in [-0.25, -0.2) is 13.2 Å². The van der Waals surface area contributed by atoms with Crippen LogP contribution in [0.2, 0.25) is 0 Å². The molecule has 92 valence electrons. The number of nitrogens with one attached hydrogen (secondary N) is 1. The third kappa shape index (κ3) is 2.78. The van der Waals surface area contributed by atoms with Crippen LogP contribution in [-0.2, 0) is 10.0 Å². The van der Waals surface area contributed by atoms with Crippen LogP contribution in [0.1, 0.15) is 23.2 Å². The highest BCUT2D eigenvalue weighted by Crippen LogP contribution is 2.31. The lowest BCUT2D eigenvalue weighted by molar-refractivity contribution is 0.0698. The lowest BCUT2D eigenvalue weighted by Crippen LogP contribution is -2.19. The van der Waals surface area contributed by atoms with Gasteiger partial charge in [-0.15, -0.1) is 0 Å². The summed E-state index contributed by atoms with van der Waals surface area (Å²) >= 11 is 3.14. The molecule has 0 saturated heterocycles. The number of hydrogen-bond donors (Lipinski definition) is 2. The van der Waals surface area contributed by atoms with Crippen LogP contribution < -0.4 is 4.72 Å². The molecule has 17 heavy (non-hydrogen) atoms. The SMILES string of the molecule is O=C(O)c1cc(Br)ccc1NS(=O)(=O)C1CC1. The molecule has 0 bridgehead atoms. The van der Waals surface area contributed by atoms with Crippen LogP contribution in [0.25, 0.3) is 0 Å². The van der Waals surface area contributed by atoms with E-state index in [-0.39, 0.29) is 16.5 Å². The molecule has 0 unspecified atom stereocenters. The fourth-order valence-electron chi connectivity index (χ4n) is 1.40. The summed E-state index contributed by atoms with van der Waals surface area (Å²) < 4.78 is 26.3. The molecule has 5 nitrogen and oxygen atoms in total. The fraction of sp³-hybridized carbons (Fsp3) is 0.300. The molecule has 1 aliphatic rings. The Morgan fingerprint density at radius 1 is 1.41 bits per heavy atom. The second-order valence-corrected chi connectivity index (χ2v) is 6.72. The van der Waals surface area contributed by atoms with Crippen molar-refractivity contribution in [2.45, 2.75) is 18.1 Å². The fourth-order valence-corrected chi connectivity index (χ4v) is 3.17. The Morgan fingerprint density at radius 2 is 2.06 bits per heavy atom. The number of sulfonamides is 1. The molecule has 1 aromatic rings. The van der Waals surface area contributed by atoms with Gasteiger partial charge in [0, 0.05) is 4.47 Å². The summed E-state index contributed by atoms with van der Waals surface area (Å²) in [5.74, 6) is -1.17. The molecule has 0 radical (unpaired) electrons. The second-order valence-electron chi connectivity index (χ2n) is 3.84. The average molecular weight is 320 g/mol. The predicted molar refractivity (Wildman–Crippen MR) is 66.7 cm³/mol. The van der Waals surface area contributed by atoms with E-state index < -0.39 is 16.0 Å². The minimum Gasteiger partial charge on any atom is -0.478 e. The van der Waals surface area contributed by atoms with Gasteiger partial charge in [-0.1, -0.05) is 15.9 Å². The zero-order chi connectivity index (χ0) is 12.6. The minimum absolute atomic E-state index is 0.0661. The first kappa shape index (κ1) is 12.4. The minimum atomic E-state index is -3.44. The number of halogens is 1. The van der Waals surface area contributed by atoms with Gasteiger partial charge in [0.05, 0.1) is 16.5 Å². The van der Waals surface area contributed by atoms with Gasteiger partial charge in [0.1, 0.15) is 0 Å². The Bertz CT molecular complexity index is 566. The normalized spacial score (nSPS) is 15.6. The largest absolute Gasteiger partial charge is 0.478 e. The summed E-state index contributed by atoms with van der Waals surface area (Å²) in [7, 11) is -3.44. The van der Waals surface area contributed by atoms with Crippen molar-refractivity contribution in [2.24, 2.45) is 0 Å². The van der Waals surface area contributed by atoms with Gasteiger partial charge >= 0.3 is 5.97 Å². The molecule has 1 fully saturated rings. The van der Waals surface area contributed by atoms with Gasteiger partial charge in [0.15, 0.2) is 0 Å². The first-order chi connectivity index (χ1) is 7.90. The standard InChI is InChI=1S/C10H10BrNO4S/c11-6-1-4-9(8(5-6)10(13)14)12-17(15,16)7-2-3-7/h1,4-5,7,12H,2-3H2,(H,13,14). The van der Waals surface area contributed by atoms with E-state index in [0.29, 0.717) is 17.3 Å².